The molecule has 7 heteroatoms. The van der Waals surface area contributed by atoms with Gasteiger partial charge < -0.3 is 5.32 Å². The predicted molar refractivity (Wildman–Crippen MR) is 106 cm³/mol. The van der Waals surface area contributed by atoms with Gasteiger partial charge in [0.25, 0.3) is 0 Å². The average molecular weight is 382 g/mol. The van der Waals surface area contributed by atoms with Gasteiger partial charge in [-0.05, 0) is 36.1 Å². The van der Waals surface area contributed by atoms with Crippen LogP contribution in [0.3, 0.4) is 0 Å². The molecule has 2 aromatic heterocycles. The van der Waals surface area contributed by atoms with Gasteiger partial charge >= 0.3 is 0 Å². The van der Waals surface area contributed by atoms with E-state index in [1.165, 1.54) is 6.20 Å². The van der Waals surface area contributed by atoms with E-state index in [-0.39, 0.29) is 17.7 Å². The molecule has 1 aromatic carbocycles. The highest BCUT2D eigenvalue weighted by atomic mass is 16.1. The summed E-state index contributed by atoms with van der Waals surface area (Å²) in [7, 11) is 0. The van der Waals surface area contributed by atoms with E-state index in [1.807, 2.05) is 30.3 Å². The molecule has 2 heterocycles. The minimum Gasteiger partial charge on any atom is -0.309 e. The second-order valence-electron chi connectivity index (χ2n) is 7.16. The molecule has 0 aliphatic heterocycles. The first-order valence-electron chi connectivity index (χ1n) is 9.29. The van der Waals surface area contributed by atoms with Gasteiger partial charge in [0.05, 0.1) is 35.7 Å². The van der Waals surface area contributed by atoms with Gasteiger partial charge in [0, 0.05) is 18.5 Å². The number of nitrogens with zero attached hydrogens (tertiary/aromatic N) is 5. The Morgan fingerprint density at radius 3 is 2.55 bits per heavy atom. The Morgan fingerprint density at radius 1 is 1.14 bits per heavy atom. The van der Waals surface area contributed by atoms with Crippen molar-refractivity contribution in [2.24, 2.45) is 0 Å². The molecule has 0 spiro atoms. The summed E-state index contributed by atoms with van der Waals surface area (Å²) in [5, 5.41) is 25.2. The number of hydrogen-bond donors (Lipinski definition) is 1. The second kappa shape index (κ2) is 7.57. The summed E-state index contributed by atoms with van der Waals surface area (Å²) in [5.74, 6) is 0.322. The Balaban J connectivity index is 1.33. The molecule has 0 saturated heterocycles. The lowest BCUT2D eigenvalue weighted by atomic mass is 9.96. The molecule has 1 aliphatic rings. The average Bonchev–Trinajstić information content (AvgIpc) is 3.43. The number of amides is 1. The fourth-order valence-electron chi connectivity index (χ4n) is 3.17. The molecule has 29 heavy (non-hydrogen) atoms. The fraction of sp³-hybridized carbons (Fsp3) is 0.227. The normalized spacial score (nSPS) is 13.9. The number of aromatic nitrogens is 3. The summed E-state index contributed by atoms with van der Waals surface area (Å²) < 4.78 is 1.68. The van der Waals surface area contributed by atoms with Crippen molar-refractivity contribution in [3.63, 3.8) is 0 Å². The Bertz CT molecular complexity index is 1110. The molecule has 1 fully saturated rings. The van der Waals surface area contributed by atoms with Gasteiger partial charge in [-0.25, -0.2) is 0 Å². The van der Waals surface area contributed by atoms with Crippen LogP contribution in [0.5, 0.6) is 0 Å². The molecule has 1 N–H and O–H groups in total. The first kappa shape index (κ1) is 18.4. The van der Waals surface area contributed by atoms with Crippen LogP contribution in [0.25, 0.3) is 0 Å². The van der Waals surface area contributed by atoms with Gasteiger partial charge in [0.15, 0.2) is 5.82 Å². The van der Waals surface area contributed by atoms with Crippen molar-refractivity contribution in [3.8, 4) is 12.1 Å². The Morgan fingerprint density at radius 2 is 1.93 bits per heavy atom. The third-order valence-corrected chi connectivity index (χ3v) is 5.02. The molecule has 142 valence electrons. The maximum absolute atomic E-state index is 12.3. The van der Waals surface area contributed by atoms with Crippen molar-refractivity contribution in [2.45, 2.75) is 31.2 Å². The van der Waals surface area contributed by atoms with Crippen LogP contribution in [-0.2, 0) is 23.2 Å². The lowest BCUT2D eigenvalue weighted by Crippen LogP contribution is -2.15. The van der Waals surface area contributed by atoms with E-state index < -0.39 is 0 Å². The highest BCUT2D eigenvalue weighted by Gasteiger charge is 2.44. The topological polar surface area (TPSA) is 107 Å². The molecule has 0 unspecified atom stereocenters. The minimum absolute atomic E-state index is 0.152. The Hall–Kier alpha value is -3.97. The van der Waals surface area contributed by atoms with E-state index in [0.29, 0.717) is 17.9 Å². The predicted octanol–water partition coefficient (Wildman–Crippen LogP) is 2.93. The number of carbonyl (C=O) groups is 1. The summed E-state index contributed by atoms with van der Waals surface area (Å²) in [5.41, 5.74) is 2.89. The number of benzene rings is 1. The van der Waals surface area contributed by atoms with Crippen molar-refractivity contribution >= 4 is 11.7 Å². The monoisotopic (exact) mass is 382 g/mol. The largest absolute Gasteiger partial charge is 0.309 e. The van der Waals surface area contributed by atoms with Crippen LogP contribution >= 0.6 is 0 Å². The van der Waals surface area contributed by atoms with Crippen LogP contribution in [-0.4, -0.2) is 20.7 Å². The van der Waals surface area contributed by atoms with Gasteiger partial charge in [0.2, 0.25) is 5.91 Å². The first-order valence-corrected chi connectivity index (χ1v) is 9.29. The smallest absolute Gasteiger partial charge is 0.229 e. The zero-order valence-corrected chi connectivity index (χ0v) is 15.7. The fourth-order valence-corrected chi connectivity index (χ4v) is 3.17. The molecule has 4 rings (SSSR count). The molecule has 0 atom stereocenters. The van der Waals surface area contributed by atoms with E-state index in [0.717, 1.165) is 29.7 Å². The third kappa shape index (κ3) is 4.15. The number of anilines is 1. The second-order valence-corrected chi connectivity index (χ2v) is 7.16. The zero-order chi connectivity index (χ0) is 20.3. The lowest BCUT2D eigenvalue weighted by molar-refractivity contribution is -0.115. The summed E-state index contributed by atoms with van der Waals surface area (Å²) in [6.07, 6.45) is 5.34. The van der Waals surface area contributed by atoms with E-state index >= 15 is 0 Å². The molecular weight excluding hydrogens is 364 g/mol. The zero-order valence-electron chi connectivity index (χ0n) is 15.7. The van der Waals surface area contributed by atoms with Crippen LogP contribution in [0.4, 0.5) is 5.82 Å². The molecule has 3 aromatic rings. The van der Waals surface area contributed by atoms with Crippen molar-refractivity contribution in [1.82, 2.24) is 14.8 Å². The third-order valence-electron chi connectivity index (χ3n) is 5.02. The number of rotatable bonds is 6. The summed E-state index contributed by atoms with van der Waals surface area (Å²) in [6.45, 7) is 0.448. The molecule has 0 bridgehead atoms. The van der Waals surface area contributed by atoms with E-state index in [1.54, 1.807) is 29.1 Å². The van der Waals surface area contributed by atoms with Gasteiger partial charge in [0.1, 0.15) is 6.07 Å². The summed E-state index contributed by atoms with van der Waals surface area (Å²) >= 11 is 0. The number of hydrogen-bond acceptors (Lipinski definition) is 5. The summed E-state index contributed by atoms with van der Waals surface area (Å²) in [6, 6.07) is 17.3. The van der Waals surface area contributed by atoms with Crippen LogP contribution in [0.2, 0.25) is 0 Å². The van der Waals surface area contributed by atoms with Crippen LogP contribution in [0.15, 0.2) is 54.9 Å². The molecule has 1 aliphatic carbocycles. The lowest BCUT2D eigenvalue weighted by Gasteiger charge is -2.07. The highest BCUT2D eigenvalue weighted by Crippen LogP contribution is 2.47. The van der Waals surface area contributed by atoms with Crippen LogP contribution in [0.1, 0.15) is 35.2 Å². The van der Waals surface area contributed by atoms with Gasteiger partial charge in [-0.15, -0.1) is 0 Å². The number of carbonyl (C=O) groups excluding carboxylic acids is 1. The van der Waals surface area contributed by atoms with Gasteiger partial charge in [-0.2, -0.15) is 15.6 Å². The number of pyridine rings is 1. The highest BCUT2D eigenvalue weighted by molar-refractivity contribution is 5.91. The van der Waals surface area contributed by atoms with Crippen LogP contribution in [0, 0.1) is 22.7 Å². The van der Waals surface area contributed by atoms with Crippen LogP contribution < -0.4 is 5.32 Å². The van der Waals surface area contributed by atoms with Crippen molar-refractivity contribution in [3.05, 3.63) is 77.2 Å². The standard InChI is InChI=1S/C22H18N6O/c23-12-17-3-6-19(25-13-17)14-28-10-7-20(27-28)26-21(29)11-16-1-4-18(5-2-16)22(15-24)8-9-22/h1-7,10,13H,8-9,11,14H2,(H,26,27,29). The molecule has 0 radical (unpaired) electrons. The van der Waals surface area contributed by atoms with E-state index in [2.05, 4.69) is 21.5 Å². The molecule has 7 nitrogen and oxygen atoms in total. The number of nitriles is 2. The molecule has 1 saturated carbocycles. The van der Waals surface area contributed by atoms with Gasteiger partial charge in [-0.1, -0.05) is 24.3 Å². The van der Waals surface area contributed by atoms with Gasteiger partial charge in [-0.3, -0.25) is 14.5 Å². The molecular formula is C22H18N6O. The Labute approximate surface area is 168 Å². The Kier molecular flexibility index (Phi) is 4.80. The number of nitrogens with one attached hydrogen (secondary N) is 1. The maximum atomic E-state index is 12.3. The summed E-state index contributed by atoms with van der Waals surface area (Å²) in [4.78, 5) is 16.5. The molecule has 1 amide bonds. The quantitative estimate of drug-likeness (QED) is 0.705. The van der Waals surface area contributed by atoms with Crippen molar-refractivity contribution in [2.75, 3.05) is 5.32 Å². The SMILES string of the molecule is N#Cc1ccc(Cn2ccc(NC(=O)Cc3ccc(C4(C#N)CC4)cc3)n2)nc1. The van der Waals surface area contributed by atoms with Crippen molar-refractivity contribution < 1.29 is 4.79 Å². The minimum atomic E-state index is -0.308. The first-order chi connectivity index (χ1) is 14.1. The van der Waals surface area contributed by atoms with E-state index in [4.69, 9.17) is 5.26 Å². The van der Waals surface area contributed by atoms with Crippen molar-refractivity contribution in [1.29, 1.82) is 10.5 Å². The maximum Gasteiger partial charge on any atom is 0.229 e. The van der Waals surface area contributed by atoms with E-state index in [9.17, 15) is 10.1 Å².